The standard InChI is InChI=1S/C8H9N3O.C2H6/c9-11-10-6-8(12)7-4-2-1-3-5-7;1-2/h1-5,8,12H,6H2;1-2H3/t8-;/m0./s1. The van der Waals surface area contributed by atoms with Gasteiger partial charge in [0.05, 0.1) is 12.6 Å². The van der Waals surface area contributed by atoms with Crippen molar-refractivity contribution in [2.24, 2.45) is 5.11 Å². The fourth-order valence-corrected chi connectivity index (χ4v) is 0.894. The second-order valence-electron chi connectivity index (χ2n) is 2.34. The van der Waals surface area contributed by atoms with Crippen LogP contribution in [0.25, 0.3) is 10.4 Å². The molecule has 1 atom stereocenters. The molecule has 1 aromatic rings. The molecule has 0 saturated carbocycles. The summed E-state index contributed by atoms with van der Waals surface area (Å²) in [6.45, 7) is 4.08. The molecule has 0 saturated heterocycles. The molecule has 1 N–H and O–H groups in total. The summed E-state index contributed by atoms with van der Waals surface area (Å²) in [5.41, 5.74) is 8.78. The van der Waals surface area contributed by atoms with Gasteiger partial charge in [0.1, 0.15) is 0 Å². The molecule has 1 rings (SSSR count). The van der Waals surface area contributed by atoms with Gasteiger partial charge >= 0.3 is 0 Å². The van der Waals surface area contributed by atoms with E-state index in [-0.39, 0.29) is 6.54 Å². The van der Waals surface area contributed by atoms with Crippen LogP contribution in [0.15, 0.2) is 35.4 Å². The minimum atomic E-state index is -0.693. The summed E-state index contributed by atoms with van der Waals surface area (Å²) in [6, 6.07) is 9.10. The van der Waals surface area contributed by atoms with Gasteiger partial charge in [-0.15, -0.1) is 0 Å². The number of rotatable bonds is 3. The molecule has 0 amide bonds. The van der Waals surface area contributed by atoms with Crippen molar-refractivity contribution >= 4 is 0 Å². The number of benzene rings is 1. The maximum Gasteiger partial charge on any atom is 0.0846 e. The first kappa shape index (κ1) is 12.5. The normalized spacial score (nSPS) is 10.5. The average Bonchev–Trinajstić information content (AvgIpc) is 2.30. The summed E-state index contributed by atoms with van der Waals surface area (Å²) in [7, 11) is 0. The third-order valence-corrected chi connectivity index (χ3v) is 1.50. The lowest BCUT2D eigenvalue weighted by molar-refractivity contribution is 0.187. The average molecular weight is 193 g/mol. The largest absolute Gasteiger partial charge is 0.388 e. The SMILES string of the molecule is CC.[N-]=[N+]=NC[C@H](O)c1ccccc1. The lowest BCUT2D eigenvalue weighted by atomic mass is 10.1. The quantitative estimate of drug-likeness (QED) is 0.447. The first-order valence-corrected chi connectivity index (χ1v) is 4.58. The maximum atomic E-state index is 9.39. The maximum absolute atomic E-state index is 9.39. The van der Waals surface area contributed by atoms with E-state index < -0.39 is 6.10 Å². The number of aliphatic hydroxyl groups excluding tert-OH is 1. The number of hydrogen-bond acceptors (Lipinski definition) is 2. The summed E-state index contributed by atoms with van der Waals surface area (Å²) in [5, 5.41) is 12.7. The summed E-state index contributed by atoms with van der Waals surface area (Å²) in [5.74, 6) is 0. The zero-order valence-corrected chi connectivity index (χ0v) is 8.46. The van der Waals surface area contributed by atoms with Crippen LogP contribution in [-0.2, 0) is 0 Å². The van der Waals surface area contributed by atoms with Crippen molar-refractivity contribution in [1.29, 1.82) is 0 Å². The zero-order chi connectivity index (χ0) is 10.8. The van der Waals surface area contributed by atoms with Crippen molar-refractivity contribution in [1.82, 2.24) is 0 Å². The highest BCUT2D eigenvalue weighted by Crippen LogP contribution is 2.11. The molecule has 1 aromatic carbocycles. The summed E-state index contributed by atoms with van der Waals surface area (Å²) >= 11 is 0. The lowest BCUT2D eigenvalue weighted by Gasteiger charge is -2.05. The zero-order valence-electron chi connectivity index (χ0n) is 8.46. The first-order valence-electron chi connectivity index (χ1n) is 4.58. The van der Waals surface area contributed by atoms with Crippen LogP contribution >= 0.6 is 0 Å². The Morgan fingerprint density at radius 2 is 1.93 bits per heavy atom. The summed E-state index contributed by atoms with van der Waals surface area (Å²) < 4.78 is 0. The van der Waals surface area contributed by atoms with Crippen molar-refractivity contribution in [2.75, 3.05) is 6.54 Å². The van der Waals surface area contributed by atoms with E-state index in [1.54, 1.807) is 12.1 Å². The molecule has 4 nitrogen and oxygen atoms in total. The Hall–Kier alpha value is -1.51. The van der Waals surface area contributed by atoms with E-state index in [4.69, 9.17) is 5.53 Å². The van der Waals surface area contributed by atoms with Crippen LogP contribution < -0.4 is 0 Å². The first-order chi connectivity index (χ1) is 6.84. The molecule has 0 unspecified atom stereocenters. The van der Waals surface area contributed by atoms with Crippen molar-refractivity contribution in [3.63, 3.8) is 0 Å². The Kier molecular flexibility index (Phi) is 7.23. The van der Waals surface area contributed by atoms with Gasteiger partial charge in [0, 0.05) is 4.91 Å². The fourth-order valence-electron chi connectivity index (χ4n) is 0.894. The Labute approximate surface area is 83.8 Å². The number of nitrogens with zero attached hydrogens (tertiary/aromatic N) is 3. The third-order valence-electron chi connectivity index (χ3n) is 1.50. The van der Waals surface area contributed by atoms with E-state index in [1.807, 2.05) is 32.0 Å². The van der Waals surface area contributed by atoms with Gasteiger partial charge in [-0.1, -0.05) is 49.3 Å². The Balaban J connectivity index is 0.000000791. The highest BCUT2D eigenvalue weighted by atomic mass is 16.3. The smallest absolute Gasteiger partial charge is 0.0846 e. The highest BCUT2D eigenvalue weighted by Gasteiger charge is 2.03. The summed E-state index contributed by atoms with van der Waals surface area (Å²) in [6.07, 6.45) is -0.693. The molecule has 0 spiro atoms. The van der Waals surface area contributed by atoms with Crippen LogP contribution in [0.5, 0.6) is 0 Å². The van der Waals surface area contributed by atoms with E-state index in [2.05, 4.69) is 10.0 Å². The van der Waals surface area contributed by atoms with Gasteiger partial charge in [-0.3, -0.25) is 0 Å². The topological polar surface area (TPSA) is 69.0 Å². The van der Waals surface area contributed by atoms with Crippen molar-refractivity contribution in [3.8, 4) is 0 Å². The molecule has 76 valence electrons. The molecule has 0 aliphatic heterocycles. The molecule has 4 heteroatoms. The van der Waals surface area contributed by atoms with Gasteiger partial charge in [0.25, 0.3) is 0 Å². The van der Waals surface area contributed by atoms with Crippen LogP contribution in [0, 0.1) is 0 Å². The molecular weight excluding hydrogens is 178 g/mol. The van der Waals surface area contributed by atoms with Crippen LogP contribution in [-0.4, -0.2) is 11.7 Å². The fraction of sp³-hybridized carbons (Fsp3) is 0.400. The van der Waals surface area contributed by atoms with Gasteiger partial charge in [0.2, 0.25) is 0 Å². The molecule has 0 aliphatic carbocycles. The minimum absolute atomic E-state index is 0.0838. The van der Waals surface area contributed by atoms with Crippen LogP contribution in [0.2, 0.25) is 0 Å². The second kappa shape index (κ2) is 8.10. The van der Waals surface area contributed by atoms with Gasteiger partial charge in [-0.2, -0.15) is 0 Å². The van der Waals surface area contributed by atoms with Crippen LogP contribution in [0.1, 0.15) is 25.5 Å². The highest BCUT2D eigenvalue weighted by molar-refractivity contribution is 5.17. The Morgan fingerprint density at radius 3 is 2.43 bits per heavy atom. The van der Waals surface area contributed by atoms with Crippen molar-refractivity contribution in [3.05, 3.63) is 46.3 Å². The number of aliphatic hydroxyl groups is 1. The molecule has 0 heterocycles. The Morgan fingerprint density at radius 1 is 1.36 bits per heavy atom. The van der Waals surface area contributed by atoms with Gasteiger partial charge in [-0.05, 0) is 11.1 Å². The van der Waals surface area contributed by atoms with E-state index in [1.165, 1.54) is 0 Å². The molecular formula is C10H15N3O. The van der Waals surface area contributed by atoms with E-state index in [9.17, 15) is 5.11 Å². The predicted octanol–water partition coefficient (Wildman–Crippen LogP) is 3.06. The molecule has 0 aromatic heterocycles. The van der Waals surface area contributed by atoms with E-state index >= 15 is 0 Å². The summed E-state index contributed by atoms with van der Waals surface area (Å²) in [4.78, 5) is 2.57. The van der Waals surface area contributed by atoms with Gasteiger partial charge in [0.15, 0.2) is 0 Å². The molecule has 0 radical (unpaired) electrons. The minimum Gasteiger partial charge on any atom is -0.388 e. The second-order valence-corrected chi connectivity index (χ2v) is 2.34. The van der Waals surface area contributed by atoms with Gasteiger partial charge < -0.3 is 5.11 Å². The predicted molar refractivity (Wildman–Crippen MR) is 56.8 cm³/mol. The van der Waals surface area contributed by atoms with Crippen molar-refractivity contribution < 1.29 is 5.11 Å². The van der Waals surface area contributed by atoms with Crippen molar-refractivity contribution in [2.45, 2.75) is 20.0 Å². The Bertz CT molecular complexity index is 281. The lowest BCUT2D eigenvalue weighted by Crippen LogP contribution is -1.99. The molecule has 0 bridgehead atoms. The third kappa shape index (κ3) is 4.50. The molecule has 0 fully saturated rings. The number of hydrogen-bond donors (Lipinski definition) is 1. The van der Waals surface area contributed by atoms with Crippen LogP contribution in [0.4, 0.5) is 0 Å². The molecule has 0 aliphatic rings. The molecule has 14 heavy (non-hydrogen) atoms. The van der Waals surface area contributed by atoms with E-state index in [0.29, 0.717) is 0 Å². The van der Waals surface area contributed by atoms with E-state index in [0.717, 1.165) is 5.56 Å². The van der Waals surface area contributed by atoms with Gasteiger partial charge in [-0.25, -0.2) is 0 Å². The monoisotopic (exact) mass is 193 g/mol. The number of azide groups is 1. The van der Waals surface area contributed by atoms with Crippen LogP contribution in [0.3, 0.4) is 0 Å².